The molecule has 0 aliphatic carbocycles. The molecular formula is C20H35Cl2N3O. The third kappa shape index (κ3) is 7.83. The molecule has 1 fully saturated rings. The molecule has 1 saturated heterocycles. The van der Waals surface area contributed by atoms with Crippen molar-refractivity contribution in [3.05, 3.63) is 35.4 Å². The Hall–Kier alpha value is -0.810. The molecule has 1 amide bonds. The minimum absolute atomic E-state index is 0. The van der Waals surface area contributed by atoms with Crippen LogP contribution in [0, 0.1) is 11.3 Å². The van der Waals surface area contributed by atoms with Gasteiger partial charge in [-0.25, -0.2) is 0 Å². The van der Waals surface area contributed by atoms with Gasteiger partial charge >= 0.3 is 0 Å². The summed E-state index contributed by atoms with van der Waals surface area (Å²) < 4.78 is 0. The molecule has 3 N–H and O–H groups in total. The number of piperidine rings is 1. The SMILES string of the molecule is CC1CCN(Cc2cccc(CNC(=O)[C@@H](N)C(C)(C)C)c2)CC1.Cl.Cl. The minimum Gasteiger partial charge on any atom is -0.351 e. The van der Waals surface area contributed by atoms with E-state index in [-0.39, 0.29) is 36.1 Å². The molecule has 1 heterocycles. The van der Waals surface area contributed by atoms with E-state index in [1.165, 1.54) is 31.5 Å². The number of hydrogen-bond acceptors (Lipinski definition) is 3. The van der Waals surface area contributed by atoms with Gasteiger partial charge in [0.25, 0.3) is 0 Å². The first kappa shape index (κ1) is 25.2. The highest BCUT2D eigenvalue weighted by atomic mass is 35.5. The fourth-order valence-electron chi connectivity index (χ4n) is 3.01. The number of halogens is 2. The summed E-state index contributed by atoms with van der Waals surface area (Å²) in [6, 6.07) is 8.01. The maximum absolute atomic E-state index is 12.2. The van der Waals surface area contributed by atoms with Crippen LogP contribution < -0.4 is 11.1 Å². The van der Waals surface area contributed by atoms with Gasteiger partial charge < -0.3 is 11.1 Å². The number of hydrogen-bond donors (Lipinski definition) is 2. The number of nitrogens with one attached hydrogen (secondary N) is 1. The van der Waals surface area contributed by atoms with Crippen LogP contribution in [0.25, 0.3) is 0 Å². The molecule has 150 valence electrons. The lowest BCUT2D eigenvalue weighted by Crippen LogP contribution is -2.48. The highest BCUT2D eigenvalue weighted by Crippen LogP contribution is 2.19. The van der Waals surface area contributed by atoms with Gasteiger partial charge in [-0.1, -0.05) is 52.0 Å². The van der Waals surface area contributed by atoms with Crippen LogP contribution in [0.2, 0.25) is 0 Å². The first-order chi connectivity index (χ1) is 11.3. The standard InChI is InChI=1S/C20H33N3O.2ClH/c1-15-8-10-23(11-9-15)14-17-7-5-6-16(12-17)13-22-19(24)18(21)20(2,3)4;;/h5-7,12,15,18H,8-11,13-14,21H2,1-4H3,(H,22,24);2*1H/t18-;;/m1../s1. The van der Waals surface area contributed by atoms with Gasteiger partial charge in [-0.05, 0) is 48.4 Å². The molecule has 2 rings (SSSR count). The highest BCUT2D eigenvalue weighted by Gasteiger charge is 2.27. The van der Waals surface area contributed by atoms with Crippen molar-refractivity contribution in [2.45, 2.75) is 59.7 Å². The van der Waals surface area contributed by atoms with Crippen molar-refractivity contribution in [1.29, 1.82) is 0 Å². The Morgan fingerprint density at radius 3 is 2.38 bits per heavy atom. The fourth-order valence-corrected chi connectivity index (χ4v) is 3.01. The predicted octanol–water partition coefficient (Wildman–Crippen LogP) is 3.75. The van der Waals surface area contributed by atoms with E-state index in [0.717, 1.165) is 18.0 Å². The molecule has 1 aromatic carbocycles. The minimum atomic E-state index is -0.490. The number of amides is 1. The van der Waals surface area contributed by atoms with Gasteiger partial charge in [-0.3, -0.25) is 9.69 Å². The molecule has 1 aromatic rings. The van der Waals surface area contributed by atoms with E-state index < -0.39 is 6.04 Å². The van der Waals surface area contributed by atoms with Gasteiger partial charge in [0.2, 0.25) is 5.91 Å². The normalized spacial score (nSPS) is 17.0. The summed E-state index contributed by atoms with van der Waals surface area (Å²) in [5.74, 6) is 0.771. The molecule has 0 bridgehead atoms. The van der Waals surface area contributed by atoms with E-state index in [9.17, 15) is 4.79 Å². The van der Waals surface area contributed by atoms with Gasteiger partial charge in [0, 0.05) is 13.1 Å². The summed E-state index contributed by atoms with van der Waals surface area (Å²) in [6.07, 6.45) is 2.58. The largest absolute Gasteiger partial charge is 0.351 e. The molecule has 0 saturated carbocycles. The molecule has 1 atom stereocenters. The van der Waals surface area contributed by atoms with E-state index in [1.54, 1.807) is 0 Å². The van der Waals surface area contributed by atoms with Crippen LogP contribution in [0.4, 0.5) is 0 Å². The maximum Gasteiger partial charge on any atom is 0.237 e. The Balaban J connectivity index is 0.00000312. The maximum atomic E-state index is 12.2. The number of nitrogens with zero attached hydrogens (tertiary/aromatic N) is 1. The number of likely N-dealkylation sites (tertiary alicyclic amines) is 1. The summed E-state index contributed by atoms with van der Waals surface area (Å²) in [5.41, 5.74) is 8.23. The smallest absolute Gasteiger partial charge is 0.237 e. The van der Waals surface area contributed by atoms with Crippen molar-refractivity contribution in [3.8, 4) is 0 Å². The van der Waals surface area contributed by atoms with Crippen molar-refractivity contribution in [2.75, 3.05) is 13.1 Å². The molecule has 4 nitrogen and oxygen atoms in total. The number of nitrogens with two attached hydrogens (primary N) is 1. The molecule has 6 heteroatoms. The van der Waals surface area contributed by atoms with Gasteiger partial charge in [0.05, 0.1) is 6.04 Å². The topological polar surface area (TPSA) is 58.4 Å². The summed E-state index contributed by atoms with van der Waals surface area (Å²) in [4.78, 5) is 14.7. The van der Waals surface area contributed by atoms with Crippen molar-refractivity contribution >= 4 is 30.7 Å². The van der Waals surface area contributed by atoms with Crippen LogP contribution in [0.1, 0.15) is 51.7 Å². The van der Waals surface area contributed by atoms with E-state index in [0.29, 0.717) is 6.54 Å². The van der Waals surface area contributed by atoms with Crippen molar-refractivity contribution in [2.24, 2.45) is 17.1 Å². The number of benzene rings is 1. The van der Waals surface area contributed by atoms with E-state index in [4.69, 9.17) is 5.73 Å². The quantitative estimate of drug-likeness (QED) is 0.786. The molecule has 1 aliphatic heterocycles. The van der Waals surface area contributed by atoms with Crippen molar-refractivity contribution < 1.29 is 4.79 Å². The van der Waals surface area contributed by atoms with Crippen LogP contribution in [0.3, 0.4) is 0 Å². The number of carbonyl (C=O) groups excluding carboxylic acids is 1. The van der Waals surface area contributed by atoms with Crippen molar-refractivity contribution in [3.63, 3.8) is 0 Å². The third-order valence-corrected chi connectivity index (χ3v) is 4.96. The Bertz CT molecular complexity index is 552. The van der Waals surface area contributed by atoms with Crippen LogP contribution in [0.15, 0.2) is 24.3 Å². The lowest BCUT2D eigenvalue weighted by Gasteiger charge is -2.30. The average molecular weight is 404 g/mol. The van der Waals surface area contributed by atoms with E-state index in [1.807, 2.05) is 20.8 Å². The van der Waals surface area contributed by atoms with Crippen LogP contribution in [-0.4, -0.2) is 29.9 Å². The van der Waals surface area contributed by atoms with Gasteiger partial charge in [-0.2, -0.15) is 0 Å². The molecule has 0 radical (unpaired) electrons. The molecule has 0 unspecified atom stereocenters. The summed E-state index contributed by atoms with van der Waals surface area (Å²) in [7, 11) is 0. The highest BCUT2D eigenvalue weighted by molar-refractivity contribution is 5.85. The Labute approximate surface area is 171 Å². The summed E-state index contributed by atoms with van der Waals surface area (Å²) >= 11 is 0. The lowest BCUT2D eigenvalue weighted by molar-refractivity contribution is -0.124. The van der Waals surface area contributed by atoms with Crippen LogP contribution >= 0.6 is 24.8 Å². The fraction of sp³-hybridized carbons (Fsp3) is 0.650. The zero-order chi connectivity index (χ0) is 17.7. The summed E-state index contributed by atoms with van der Waals surface area (Å²) in [5, 5.41) is 2.96. The molecule has 26 heavy (non-hydrogen) atoms. The molecule has 0 aromatic heterocycles. The van der Waals surface area contributed by atoms with E-state index in [2.05, 4.69) is 41.4 Å². The van der Waals surface area contributed by atoms with Crippen LogP contribution in [-0.2, 0) is 17.9 Å². The molecule has 1 aliphatic rings. The molecule has 0 spiro atoms. The zero-order valence-electron chi connectivity index (χ0n) is 16.5. The first-order valence-electron chi connectivity index (χ1n) is 9.09. The Kier molecular flexibility index (Phi) is 10.8. The second-order valence-corrected chi connectivity index (χ2v) is 8.34. The Morgan fingerprint density at radius 1 is 1.23 bits per heavy atom. The zero-order valence-corrected chi connectivity index (χ0v) is 18.1. The monoisotopic (exact) mass is 403 g/mol. The second kappa shape index (κ2) is 11.1. The van der Waals surface area contributed by atoms with Crippen LogP contribution in [0.5, 0.6) is 0 Å². The number of carbonyl (C=O) groups is 1. The Morgan fingerprint density at radius 2 is 1.81 bits per heavy atom. The van der Waals surface area contributed by atoms with E-state index >= 15 is 0 Å². The first-order valence-corrected chi connectivity index (χ1v) is 9.09. The van der Waals surface area contributed by atoms with Gasteiger partial charge in [-0.15, -0.1) is 24.8 Å². The van der Waals surface area contributed by atoms with Gasteiger partial charge in [0.15, 0.2) is 0 Å². The third-order valence-electron chi connectivity index (χ3n) is 4.96. The lowest BCUT2D eigenvalue weighted by atomic mass is 9.87. The summed E-state index contributed by atoms with van der Waals surface area (Å²) in [6.45, 7) is 12.2. The van der Waals surface area contributed by atoms with Crippen molar-refractivity contribution in [1.82, 2.24) is 10.2 Å². The average Bonchev–Trinajstić information content (AvgIpc) is 2.53. The predicted molar refractivity (Wildman–Crippen MR) is 114 cm³/mol. The second-order valence-electron chi connectivity index (χ2n) is 8.34. The van der Waals surface area contributed by atoms with Gasteiger partial charge in [0.1, 0.15) is 0 Å². The number of rotatable bonds is 5. The molecular weight excluding hydrogens is 369 g/mol.